The third-order valence-electron chi connectivity index (χ3n) is 2.95. The Morgan fingerprint density at radius 1 is 1.30 bits per heavy atom. The standard InChI is InChI=1S/C16H24N2OS/c1-16(2,3)11-14-12-18-15(20-14)17-9-10-19-13-7-5-4-6-8-13/h4-8,14H,9-12H2,1-3H3,(H,17,18). The average Bonchev–Trinajstić information content (AvgIpc) is 2.81. The third-order valence-corrected chi connectivity index (χ3v) is 4.09. The fourth-order valence-electron chi connectivity index (χ4n) is 2.15. The Labute approximate surface area is 126 Å². The van der Waals surface area contributed by atoms with Gasteiger partial charge in [-0.1, -0.05) is 50.7 Å². The van der Waals surface area contributed by atoms with E-state index in [2.05, 4.69) is 31.1 Å². The van der Waals surface area contributed by atoms with Crippen molar-refractivity contribution in [3.8, 4) is 5.75 Å². The van der Waals surface area contributed by atoms with Crippen molar-refractivity contribution >= 4 is 16.9 Å². The normalized spacial score (nSPS) is 18.8. The first-order chi connectivity index (χ1) is 9.53. The molecule has 4 heteroatoms. The Morgan fingerprint density at radius 3 is 2.75 bits per heavy atom. The number of nitrogens with one attached hydrogen (secondary N) is 1. The first-order valence-corrected chi connectivity index (χ1v) is 8.04. The second-order valence-corrected chi connectivity index (χ2v) is 7.53. The number of para-hydroxylation sites is 1. The van der Waals surface area contributed by atoms with E-state index in [9.17, 15) is 0 Å². The van der Waals surface area contributed by atoms with Crippen molar-refractivity contribution in [3.05, 3.63) is 30.3 Å². The molecule has 2 rings (SSSR count). The Kier molecular flexibility index (Phi) is 5.35. The maximum Gasteiger partial charge on any atom is 0.157 e. The zero-order valence-electron chi connectivity index (χ0n) is 12.6. The minimum Gasteiger partial charge on any atom is -0.492 e. The maximum atomic E-state index is 5.65. The Bertz CT molecular complexity index is 440. The van der Waals surface area contributed by atoms with Gasteiger partial charge in [0, 0.05) is 5.25 Å². The van der Waals surface area contributed by atoms with Crippen molar-refractivity contribution in [2.24, 2.45) is 10.4 Å². The molecule has 1 unspecified atom stereocenters. The van der Waals surface area contributed by atoms with E-state index in [1.807, 2.05) is 42.1 Å². The molecule has 20 heavy (non-hydrogen) atoms. The molecule has 0 fully saturated rings. The maximum absolute atomic E-state index is 5.65. The molecule has 0 aromatic heterocycles. The van der Waals surface area contributed by atoms with Crippen LogP contribution in [0.2, 0.25) is 0 Å². The highest BCUT2D eigenvalue weighted by atomic mass is 32.2. The minimum absolute atomic E-state index is 0.374. The van der Waals surface area contributed by atoms with Crippen molar-refractivity contribution < 1.29 is 4.74 Å². The summed E-state index contributed by atoms with van der Waals surface area (Å²) in [5.74, 6) is 0.918. The number of nitrogens with zero attached hydrogens (tertiary/aromatic N) is 1. The van der Waals surface area contributed by atoms with Gasteiger partial charge in [-0.25, -0.2) is 0 Å². The zero-order valence-corrected chi connectivity index (χ0v) is 13.4. The molecule has 1 aromatic rings. The fraction of sp³-hybridized carbons (Fsp3) is 0.562. The molecule has 0 saturated carbocycles. The van der Waals surface area contributed by atoms with Crippen molar-refractivity contribution in [2.45, 2.75) is 32.4 Å². The number of hydrogen-bond donors (Lipinski definition) is 1. The molecule has 0 amide bonds. The van der Waals surface area contributed by atoms with Crippen molar-refractivity contribution in [3.63, 3.8) is 0 Å². The van der Waals surface area contributed by atoms with Gasteiger partial charge in [-0.3, -0.25) is 4.99 Å². The second-order valence-electron chi connectivity index (χ2n) is 6.24. The third kappa shape index (κ3) is 5.45. The first-order valence-electron chi connectivity index (χ1n) is 7.16. The number of rotatable bonds is 5. The largest absolute Gasteiger partial charge is 0.492 e. The van der Waals surface area contributed by atoms with Crippen molar-refractivity contribution in [1.82, 2.24) is 5.32 Å². The van der Waals surface area contributed by atoms with E-state index < -0.39 is 0 Å². The van der Waals surface area contributed by atoms with E-state index >= 15 is 0 Å². The Balaban J connectivity index is 1.61. The molecule has 0 radical (unpaired) electrons. The summed E-state index contributed by atoms with van der Waals surface area (Å²) in [5, 5.41) is 5.04. The van der Waals surface area contributed by atoms with Gasteiger partial charge in [0.15, 0.2) is 5.17 Å². The summed E-state index contributed by atoms with van der Waals surface area (Å²) in [7, 11) is 0. The summed E-state index contributed by atoms with van der Waals surface area (Å²) in [4.78, 5) is 4.56. The molecule has 0 saturated heterocycles. The lowest BCUT2D eigenvalue weighted by atomic mass is 9.90. The highest BCUT2D eigenvalue weighted by Crippen LogP contribution is 2.31. The number of thioether (sulfide) groups is 1. The number of aliphatic imine (C=N–C) groups is 1. The summed E-state index contributed by atoms with van der Waals surface area (Å²) in [6, 6.07) is 9.90. The van der Waals surface area contributed by atoms with Crippen LogP contribution in [0.3, 0.4) is 0 Å². The number of amidine groups is 1. The minimum atomic E-state index is 0.374. The molecule has 0 bridgehead atoms. The van der Waals surface area contributed by atoms with Crippen LogP contribution in [0.1, 0.15) is 27.2 Å². The predicted molar refractivity (Wildman–Crippen MR) is 87.7 cm³/mol. The molecule has 1 heterocycles. The smallest absolute Gasteiger partial charge is 0.157 e. The molecular weight excluding hydrogens is 268 g/mol. The predicted octanol–water partition coefficient (Wildman–Crippen LogP) is 3.56. The monoisotopic (exact) mass is 292 g/mol. The summed E-state index contributed by atoms with van der Waals surface area (Å²) in [6.45, 7) is 9.24. The summed E-state index contributed by atoms with van der Waals surface area (Å²) < 4.78 is 5.65. The molecule has 1 aliphatic heterocycles. The van der Waals surface area contributed by atoms with Crippen LogP contribution in [0.25, 0.3) is 0 Å². The molecule has 1 aromatic carbocycles. The van der Waals surface area contributed by atoms with Crippen LogP contribution in [0, 0.1) is 5.41 Å². The molecule has 110 valence electrons. The highest BCUT2D eigenvalue weighted by molar-refractivity contribution is 8.14. The van der Waals surface area contributed by atoms with Crippen LogP contribution >= 0.6 is 11.8 Å². The lowest BCUT2D eigenvalue weighted by molar-refractivity contribution is 0.323. The van der Waals surface area contributed by atoms with E-state index in [1.54, 1.807) is 0 Å². The Morgan fingerprint density at radius 2 is 2.05 bits per heavy atom. The summed E-state index contributed by atoms with van der Waals surface area (Å²) >= 11 is 1.87. The van der Waals surface area contributed by atoms with E-state index in [4.69, 9.17) is 4.74 Å². The quantitative estimate of drug-likeness (QED) is 0.842. The second kappa shape index (κ2) is 7.02. The van der Waals surface area contributed by atoms with Gasteiger partial charge in [0.2, 0.25) is 0 Å². The molecule has 3 nitrogen and oxygen atoms in total. The van der Waals surface area contributed by atoms with Gasteiger partial charge in [0.25, 0.3) is 0 Å². The fourth-order valence-corrected chi connectivity index (χ4v) is 3.53. The van der Waals surface area contributed by atoms with E-state index in [0.717, 1.165) is 24.0 Å². The zero-order chi connectivity index (χ0) is 14.4. The van der Waals surface area contributed by atoms with E-state index in [-0.39, 0.29) is 0 Å². The van der Waals surface area contributed by atoms with Crippen LogP contribution in [-0.4, -0.2) is 30.1 Å². The van der Waals surface area contributed by atoms with Gasteiger partial charge in [0.1, 0.15) is 12.4 Å². The molecule has 0 aliphatic carbocycles. The van der Waals surface area contributed by atoms with Crippen LogP contribution in [0.15, 0.2) is 35.3 Å². The van der Waals surface area contributed by atoms with E-state index in [0.29, 0.717) is 17.3 Å². The first kappa shape index (κ1) is 15.2. The molecule has 1 atom stereocenters. The van der Waals surface area contributed by atoms with Gasteiger partial charge < -0.3 is 10.1 Å². The topological polar surface area (TPSA) is 33.6 Å². The summed E-state index contributed by atoms with van der Waals surface area (Å²) in [6.07, 6.45) is 1.20. The van der Waals surface area contributed by atoms with Gasteiger partial charge in [-0.05, 0) is 24.0 Å². The lowest BCUT2D eigenvalue weighted by Crippen LogP contribution is -2.25. The van der Waals surface area contributed by atoms with Crippen LogP contribution in [0.4, 0.5) is 0 Å². The SMILES string of the molecule is CC(C)(C)CC1CN=C(NCCOc2ccccc2)S1. The molecule has 0 spiro atoms. The molecular formula is C16H24N2OS. The summed E-state index contributed by atoms with van der Waals surface area (Å²) in [5.41, 5.74) is 0.374. The number of ether oxygens (including phenoxy) is 1. The number of hydrogen-bond acceptors (Lipinski definition) is 4. The van der Waals surface area contributed by atoms with Gasteiger partial charge >= 0.3 is 0 Å². The van der Waals surface area contributed by atoms with Gasteiger partial charge in [-0.15, -0.1) is 0 Å². The number of benzene rings is 1. The lowest BCUT2D eigenvalue weighted by Gasteiger charge is -2.21. The van der Waals surface area contributed by atoms with Gasteiger partial charge in [-0.2, -0.15) is 0 Å². The average molecular weight is 292 g/mol. The van der Waals surface area contributed by atoms with E-state index in [1.165, 1.54) is 6.42 Å². The van der Waals surface area contributed by atoms with Crippen LogP contribution in [0.5, 0.6) is 5.75 Å². The Hall–Kier alpha value is -1.16. The highest BCUT2D eigenvalue weighted by Gasteiger charge is 2.24. The van der Waals surface area contributed by atoms with Crippen LogP contribution in [-0.2, 0) is 0 Å². The van der Waals surface area contributed by atoms with Crippen molar-refractivity contribution in [1.29, 1.82) is 0 Å². The molecule has 1 N–H and O–H groups in total. The van der Waals surface area contributed by atoms with Crippen LogP contribution < -0.4 is 10.1 Å². The van der Waals surface area contributed by atoms with Gasteiger partial charge in [0.05, 0.1) is 13.1 Å². The van der Waals surface area contributed by atoms with Crippen molar-refractivity contribution in [2.75, 3.05) is 19.7 Å². The molecule has 1 aliphatic rings.